The molecule has 1 aliphatic rings. The largest absolute Gasteiger partial charge is 0.416 e. The fraction of sp³-hybridized carbons (Fsp3) is 0.286. The van der Waals surface area contributed by atoms with Gasteiger partial charge in [0.05, 0.1) is 22.8 Å². The van der Waals surface area contributed by atoms with Gasteiger partial charge in [0.2, 0.25) is 0 Å². The van der Waals surface area contributed by atoms with Crippen molar-refractivity contribution >= 4 is 44.8 Å². The quantitative estimate of drug-likeness (QED) is 0.298. The molecule has 10 heteroatoms. The normalized spacial score (nSPS) is 15.3. The van der Waals surface area contributed by atoms with Gasteiger partial charge in [0.25, 0.3) is 11.8 Å². The third-order valence-electron chi connectivity index (χ3n) is 7.04. The first-order valence-corrected chi connectivity index (χ1v) is 12.4. The third kappa shape index (κ3) is 4.50. The number of benzene rings is 2. The van der Waals surface area contributed by atoms with Crippen molar-refractivity contribution in [3.63, 3.8) is 0 Å². The van der Waals surface area contributed by atoms with Gasteiger partial charge in [-0.05, 0) is 37.4 Å². The molecule has 1 aliphatic heterocycles. The van der Waals surface area contributed by atoms with Gasteiger partial charge in [-0.1, -0.05) is 32.0 Å². The Kier molecular flexibility index (Phi) is 6.62. The Morgan fingerprint density at radius 1 is 0.974 bits per heavy atom. The molecule has 5 rings (SSSR count). The predicted molar refractivity (Wildman–Crippen MR) is 139 cm³/mol. The summed E-state index contributed by atoms with van der Waals surface area (Å²) in [4.78, 5) is 31.3. The fourth-order valence-corrected chi connectivity index (χ4v) is 5.14. The minimum absolute atomic E-state index is 0.000982. The van der Waals surface area contributed by atoms with E-state index in [1.165, 1.54) is 6.07 Å². The number of hydrogen-bond acceptors (Lipinski definition) is 4. The molecule has 2 amide bonds. The zero-order valence-electron chi connectivity index (χ0n) is 20.9. The zero-order valence-corrected chi connectivity index (χ0v) is 20.9. The molecule has 0 aliphatic carbocycles. The minimum atomic E-state index is -4.60. The Morgan fingerprint density at radius 3 is 2.34 bits per heavy atom. The van der Waals surface area contributed by atoms with E-state index < -0.39 is 29.7 Å². The molecule has 0 fully saturated rings. The van der Waals surface area contributed by atoms with Crippen molar-refractivity contribution in [1.82, 2.24) is 19.8 Å². The first-order chi connectivity index (χ1) is 18.1. The van der Waals surface area contributed by atoms with Crippen molar-refractivity contribution in [2.24, 2.45) is 0 Å². The lowest BCUT2D eigenvalue weighted by Gasteiger charge is -2.22. The van der Waals surface area contributed by atoms with Gasteiger partial charge in [0.15, 0.2) is 0 Å². The molecule has 1 atom stereocenters. The summed E-state index contributed by atoms with van der Waals surface area (Å²) < 4.78 is 42.7. The van der Waals surface area contributed by atoms with Crippen LogP contribution in [0, 0.1) is 0 Å². The SMILES string of the molecule is CCN(CC)CC(O)Cn1cc(C2=C(c3c[nH]c4ccccc34)C(=O)NC2=O)c2cc(C(F)(F)F)ccc21. The van der Waals surface area contributed by atoms with E-state index in [2.05, 4.69) is 10.3 Å². The molecule has 2 aromatic carbocycles. The van der Waals surface area contributed by atoms with Crippen molar-refractivity contribution in [3.05, 3.63) is 71.5 Å². The van der Waals surface area contributed by atoms with Crippen molar-refractivity contribution in [1.29, 1.82) is 0 Å². The summed E-state index contributed by atoms with van der Waals surface area (Å²) >= 11 is 0. The van der Waals surface area contributed by atoms with E-state index in [1.807, 2.05) is 30.9 Å². The number of aromatic amines is 1. The molecule has 0 bridgehead atoms. The van der Waals surface area contributed by atoms with Crippen LogP contribution in [0.3, 0.4) is 0 Å². The number of nitrogens with zero attached hydrogens (tertiary/aromatic N) is 2. The van der Waals surface area contributed by atoms with E-state index in [1.54, 1.807) is 29.1 Å². The Hall–Kier alpha value is -3.89. The summed E-state index contributed by atoms with van der Waals surface area (Å²) in [6.45, 7) is 5.92. The lowest BCUT2D eigenvalue weighted by molar-refractivity contribution is -0.137. The fourth-order valence-electron chi connectivity index (χ4n) is 5.14. The second-order valence-corrected chi connectivity index (χ2v) is 9.35. The number of hydrogen-bond donors (Lipinski definition) is 3. The number of imide groups is 1. The number of nitrogens with one attached hydrogen (secondary N) is 2. The summed E-state index contributed by atoms with van der Waals surface area (Å²) in [6.07, 6.45) is -2.23. The highest BCUT2D eigenvalue weighted by Gasteiger charge is 2.36. The molecule has 0 saturated carbocycles. The number of aliphatic hydroxyl groups is 1. The Bertz CT molecular complexity index is 1580. The van der Waals surface area contributed by atoms with Gasteiger partial charge in [-0.15, -0.1) is 0 Å². The molecular formula is C28H27F3N4O3. The van der Waals surface area contributed by atoms with Crippen molar-refractivity contribution in [3.8, 4) is 0 Å². The number of fused-ring (bicyclic) bond motifs is 2. The lowest BCUT2D eigenvalue weighted by Crippen LogP contribution is -2.34. The molecule has 0 spiro atoms. The molecule has 38 heavy (non-hydrogen) atoms. The van der Waals surface area contributed by atoms with Gasteiger partial charge in [-0.3, -0.25) is 14.9 Å². The van der Waals surface area contributed by atoms with Gasteiger partial charge < -0.3 is 19.6 Å². The minimum Gasteiger partial charge on any atom is -0.390 e. The van der Waals surface area contributed by atoms with Gasteiger partial charge in [0, 0.05) is 58.4 Å². The van der Waals surface area contributed by atoms with Crippen LogP contribution in [0.2, 0.25) is 0 Å². The number of likely N-dealkylation sites (N-methyl/N-ethyl adjacent to an activating group) is 1. The molecule has 2 aromatic heterocycles. The smallest absolute Gasteiger partial charge is 0.390 e. The molecule has 0 radical (unpaired) electrons. The summed E-state index contributed by atoms with van der Waals surface area (Å²) in [6, 6.07) is 10.6. The van der Waals surface area contributed by atoms with Crippen molar-refractivity contribution in [2.75, 3.05) is 19.6 Å². The monoisotopic (exact) mass is 524 g/mol. The number of para-hydroxylation sites is 1. The van der Waals surface area contributed by atoms with Crippen LogP contribution in [-0.4, -0.2) is 57.1 Å². The lowest BCUT2D eigenvalue weighted by atomic mass is 9.95. The first kappa shape index (κ1) is 25.7. The summed E-state index contributed by atoms with van der Waals surface area (Å²) in [5.41, 5.74) is 1.07. The van der Waals surface area contributed by atoms with E-state index in [-0.39, 0.29) is 28.6 Å². The van der Waals surface area contributed by atoms with Crippen LogP contribution in [-0.2, 0) is 22.3 Å². The maximum atomic E-state index is 13.7. The molecular weight excluding hydrogens is 497 g/mol. The van der Waals surface area contributed by atoms with Crippen LogP contribution in [0.1, 0.15) is 30.5 Å². The summed E-state index contributed by atoms with van der Waals surface area (Å²) in [5.74, 6) is -1.31. The topological polar surface area (TPSA) is 90.4 Å². The number of rotatable bonds is 8. The standard InChI is InChI=1S/C28H27F3N4O3/c1-3-34(4-2)13-17(36)14-35-15-21(19-11-16(28(29,30)31)9-10-23(19)35)25-24(26(37)33-27(25)38)20-12-32-22-8-6-5-7-18(20)22/h5-12,15,17,32,36H,3-4,13-14H2,1-2H3,(H,33,37,38). The number of aromatic nitrogens is 2. The number of aliphatic hydroxyl groups excluding tert-OH is 1. The van der Waals surface area contributed by atoms with Crippen molar-refractivity contribution < 1.29 is 27.9 Å². The van der Waals surface area contributed by atoms with Crippen LogP contribution in [0.5, 0.6) is 0 Å². The Morgan fingerprint density at radius 2 is 1.66 bits per heavy atom. The highest BCUT2D eigenvalue weighted by molar-refractivity contribution is 6.50. The number of alkyl halides is 3. The van der Waals surface area contributed by atoms with Gasteiger partial charge in [-0.2, -0.15) is 13.2 Å². The second-order valence-electron chi connectivity index (χ2n) is 9.35. The average molecular weight is 525 g/mol. The van der Waals surface area contributed by atoms with Crippen LogP contribution in [0.4, 0.5) is 13.2 Å². The second kappa shape index (κ2) is 9.77. The maximum absolute atomic E-state index is 13.7. The highest BCUT2D eigenvalue weighted by atomic mass is 19.4. The Balaban J connectivity index is 1.72. The number of H-pyrrole nitrogens is 1. The van der Waals surface area contributed by atoms with E-state index in [0.29, 0.717) is 23.0 Å². The van der Waals surface area contributed by atoms with Crippen LogP contribution in [0.25, 0.3) is 33.0 Å². The number of amides is 2. The molecule has 7 nitrogen and oxygen atoms in total. The molecule has 0 saturated heterocycles. The van der Waals surface area contributed by atoms with Crippen LogP contribution >= 0.6 is 0 Å². The van der Waals surface area contributed by atoms with Crippen molar-refractivity contribution in [2.45, 2.75) is 32.7 Å². The summed E-state index contributed by atoms with van der Waals surface area (Å²) in [7, 11) is 0. The molecule has 3 N–H and O–H groups in total. The zero-order chi connectivity index (χ0) is 27.2. The van der Waals surface area contributed by atoms with Crippen LogP contribution in [0.15, 0.2) is 54.9 Å². The molecule has 3 heterocycles. The van der Waals surface area contributed by atoms with E-state index in [9.17, 15) is 27.9 Å². The van der Waals surface area contributed by atoms with Gasteiger partial charge in [0.1, 0.15) is 0 Å². The average Bonchev–Trinajstić information content (AvgIpc) is 3.54. The van der Waals surface area contributed by atoms with E-state index >= 15 is 0 Å². The van der Waals surface area contributed by atoms with Crippen LogP contribution < -0.4 is 5.32 Å². The maximum Gasteiger partial charge on any atom is 0.416 e. The van der Waals surface area contributed by atoms with E-state index in [0.717, 1.165) is 30.7 Å². The number of carbonyl (C=O) groups excluding carboxylic acids is 2. The molecule has 4 aromatic rings. The highest BCUT2D eigenvalue weighted by Crippen LogP contribution is 2.40. The first-order valence-electron chi connectivity index (χ1n) is 12.4. The third-order valence-corrected chi connectivity index (χ3v) is 7.04. The van der Waals surface area contributed by atoms with Gasteiger partial charge in [-0.25, -0.2) is 0 Å². The molecule has 1 unspecified atom stereocenters. The van der Waals surface area contributed by atoms with E-state index in [4.69, 9.17) is 0 Å². The number of carbonyl (C=O) groups is 2. The molecule has 198 valence electrons. The van der Waals surface area contributed by atoms with Gasteiger partial charge >= 0.3 is 6.18 Å². The predicted octanol–water partition coefficient (Wildman–Crippen LogP) is 4.41. The summed E-state index contributed by atoms with van der Waals surface area (Å²) in [5, 5.41) is 14.0. The number of halogens is 3. The Labute approximate surface area is 216 Å².